The van der Waals surface area contributed by atoms with Crippen molar-refractivity contribution in [3.63, 3.8) is 0 Å². The maximum absolute atomic E-state index is 13.8. The van der Waals surface area contributed by atoms with Crippen LogP contribution >= 0.6 is 0 Å². The number of hydrogen-bond donors (Lipinski definition) is 0. The van der Waals surface area contributed by atoms with E-state index < -0.39 is 11.6 Å². The number of piperidine rings is 1. The highest BCUT2D eigenvalue weighted by molar-refractivity contribution is 5.48. The lowest BCUT2D eigenvalue weighted by atomic mass is 10.0. The van der Waals surface area contributed by atoms with Crippen molar-refractivity contribution < 1.29 is 8.78 Å². The topological polar surface area (TPSA) is 6.48 Å². The Morgan fingerprint density at radius 1 is 1.00 bits per heavy atom. The molecule has 0 N–H and O–H groups in total. The first-order chi connectivity index (χ1) is 10.6. The minimum absolute atomic E-state index is 0.446. The molecule has 3 rings (SSSR count). The van der Waals surface area contributed by atoms with Crippen molar-refractivity contribution in [3.8, 4) is 0 Å². The summed E-state index contributed by atoms with van der Waals surface area (Å²) in [7, 11) is 0. The molecule has 1 atom stereocenters. The molecule has 22 heavy (non-hydrogen) atoms. The van der Waals surface area contributed by atoms with Crippen molar-refractivity contribution in [1.29, 1.82) is 0 Å². The highest BCUT2D eigenvalue weighted by Crippen LogP contribution is 2.28. The normalized spacial score (nSPS) is 23.3. The molecule has 1 aromatic carbocycles. The summed E-state index contributed by atoms with van der Waals surface area (Å²) in [5.74, 6) is -0.145. The van der Waals surface area contributed by atoms with Gasteiger partial charge in [0.1, 0.15) is 11.6 Å². The van der Waals surface area contributed by atoms with E-state index in [4.69, 9.17) is 0 Å². The summed E-state index contributed by atoms with van der Waals surface area (Å²) in [5.41, 5.74) is 0.541. The van der Waals surface area contributed by atoms with Crippen LogP contribution in [0.4, 0.5) is 14.5 Å². The first kappa shape index (κ1) is 17.2. The average molecular weight is 310 g/mol. The van der Waals surface area contributed by atoms with Gasteiger partial charge in [-0.1, -0.05) is 20.8 Å². The molecule has 2 aliphatic rings. The van der Waals surface area contributed by atoms with Crippen molar-refractivity contribution in [2.24, 2.45) is 5.92 Å². The molecule has 0 spiro atoms. The van der Waals surface area contributed by atoms with Crippen LogP contribution in [-0.4, -0.2) is 37.1 Å². The van der Waals surface area contributed by atoms with Gasteiger partial charge in [0.05, 0.1) is 5.69 Å². The zero-order valence-corrected chi connectivity index (χ0v) is 14.0. The van der Waals surface area contributed by atoms with Crippen LogP contribution in [0.2, 0.25) is 0 Å². The van der Waals surface area contributed by atoms with E-state index in [1.807, 2.05) is 18.7 Å². The smallest absolute Gasteiger partial charge is 0.149 e. The Hall–Kier alpha value is -1.16. The molecule has 0 saturated carbocycles. The molecule has 1 aromatic rings. The maximum atomic E-state index is 13.8. The Balaban J connectivity index is 0.000000847. The molecule has 0 radical (unpaired) electrons. The van der Waals surface area contributed by atoms with Gasteiger partial charge in [-0.2, -0.15) is 0 Å². The van der Waals surface area contributed by atoms with E-state index in [1.54, 1.807) is 6.07 Å². The van der Waals surface area contributed by atoms with E-state index in [0.717, 1.165) is 37.9 Å². The number of hydrogen-bond acceptors (Lipinski definition) is 2. The number of rotatable bonds is 2. The summed E-state index contributed by atoms with van der Waals surface area (Å²) in [4.78, 5) is 4.63. The third-order valence-corrected chi connectivity index (χ3v) is 4.69. The van der Waals surface area contributed by atoms with Gasteiger partial charge in [-0.15, -0.1) is 0 Å². The number of nitrogens with zero attached hydrogens (tertiary/aromatic N) is 2. The quantitative estimate of drug-likeness (QED) is 0.803. The van der Waals surface area contributed by atoms with E-state index in [0.29, 0.717) is 11.7 Å². The molecule has 2 heterocycles. The monoisotopic (exact) mass is 310 g/mol. The van der Waals surface area contributed by atoms with E-state index in [9.17, 15) is 8.78 Å². The van der Waals surface area contributed by atoms with Gasteiger partial charge < -0.3 is 4.90 Å². The summed E-state index contributed by atoms with van der Waals surface area (Å²) in [6.45, 7) is 10.4. The molecule has 124 valence electrons. The fourth-order valence-electron chi connectivity index (χ4n) is 3.51. The molecule has 2 fully saturated rings. The van der Waals surface area contributed by atoms with Crippen molar-refractivity contribution in [2.75, 3.05) is 31.1 Å². The van der Waals surface area contributed by atoms with Gasteiger partial charge in [0.25, 0.3) is 0 Å². The first-order valence-electron chi connectivity index (χ1n) is 8.57. The molecular formula is C18H28F2N2. The van der Waals surface area contributed by atoms with Crippen LogP contribution in [0.25, 0.3) is 0 Å². The van der Waals surface area contributed by atoms with Crippen LogP contribution in [0.5, 0.6) is 0 Å². The van der Waals surface area contributed by atoms with Crippen LogP contribution in [0.1, 0.15) is 40.0 Å². The van der Waals surface area contributed by atoms with Crippen LogP contribution in [0.15, 0.2) is 18.2 Å². The Morgan fingerprint density at radius 2 is 1.68 bits per heavy atom. The van der Waals surface area contributed by atoms with Crippen LogP contribution < -0.4 is 4.90 Å². The lowest BCUT2D eigenvalue weighted by Crippen LogP contribution is -2.44. The van der Waals surface area contributed by atoms with Gasteiger partial charge in [-0.25, -0.2) is 8.78 Å². The van der Waals surface area contributed by atoms with Crippen molar-refractivity contribution in [3.05, 3.63) is 29.8 Å². The lowest BCUT2D eigenvalue weighted by molar-refractivity contribution is 0.202. The van der Waals surface area contributed by atoms with Crippen LogP contribution in [0.3, 0.4) is 0 Å². The van der Waals surface area contributed by atoms with Crippen molar-refractivity contribution >= 4 is 5.69 Å². The number of benzene rings is 1. The Kier molecular flexibility index (Phi) is 6.18. The number of halogens is 2. The summed E-state index contributed by atoms with van der Waals surface area (Å²) >= 11 is 0. The fourth-order valence-corrected chi connectivity index (χ4v) is 3.51. The molecule has 4 heteroatoms. The maximum Gasteiger partial charge on any atom is 0.149 e. The standard InChI is InChI=1S/C16H22F2N2.C2H6/c1-12-4-7-20(11-12)14-5-8-19(9-6-14)16-3-2-13(17)10-15(16)18;1-2/h2-3,10,12,14H,4-9,11H2,1H3;1-2H3. The van der Waals surface area contributed by atoms with Crippen molar-refractivity contribution in [2.45, 2.75) is 46.1 Å². The summed E-state index contributed by atoms with van der Waals surface area (Å²) < 4.78 is 26.7. The molecule has 0 amide bonds. The van der Waals surface area contributed by atoms with E-state index >= 15 is 0 Å². The number of anilines is 1. The average Bonchev–Trinajstić information content (AvgIpc) is 2.96. The first-order valence-corrected chi connectivity index (χ1v) is 8.57. The van der Waals surface area contributed by atoms with Gasteiger partial charge in [-0.05, 0) is 43.9 Å². The molecule has 0 aliphatic carbocycles. The molecule has 1 unspecified atom stereocenters. The predicted octanol–water partition coefficient (Wildman–Crippen LogP) is 4.30. The molecule has 2 aliphatic heterocycles. The molecular weight excluding hydrogens is 282 g/mol. The molecule has 0 bridgehead atoms. The highest BCUT2D eigenvalue weighted by Gasteiger charge is 2.29. The SMILES string of the molecule is CC.CC1CCN(C2CCN(c3ccc(F)cc3F)CC2)C1. The third kappa shape index (κ3) is 3.97. The Bertz CT molecular complexity index is 470. The van der Waals surface area contributed by atoms with E-state index in [-0.39, 0.29) is 0 Å². The van der Waals surface area contributed by atoms with E-state index in [2.05, 4.69) is 11.8 Å². The van der Waals surface area contributed by atoms with Gasteiger partial charge in [0.2, 0.25) is 0 Å². The second-order valence-electron chi connectivity index (χ2n) is 6.20. The Labute approximate surface area is 133 Å². The zero-order valence-electron chi connectivity index (χ0n) is 14.0. The molecule has 0 aromatic heterocycles. The minimum atomic E-state index is -0.507. The van der Waals surface area contributed by atoms with Crippen molar-refractivity contribution in [1.82, 2.24) is 4.90 Å². The molecule has 2 saturated heterocycles. The predicted molar refractivity (Wildman–Crippen MR) is 88.3 cm³/mol. The van der Waals surface area contributed by atoms with Gasteiger partial charge >= 0.3 is 0 Å². The highest BCUT2D eigenvalue weighted by atomic mass is 19.1. The summed E-state index contributed by atoms with van der Waals surface area (Å²) in [6.07, 6.45) is 3.44. The second kappa shape index (κ2) is 7.91. The lowest BCUT2D eigenvalue weighted by Gasteiger charge is -2.38. The van der Waals surface area contributed by atoms with Gasteiger partial charge in [-0.3, -0.25) is 4.90 Å². The second-order valence-corrected chi connectivity index (χ2v) is 6.20. The molecule has 2 nitrogen and oxygen atoms in total. The third-order valence-electron chi connectivity index (χ3n) is 4.69. The van der Waals surface area contributed by atoms with Crippen LogP contribution in [-0.2, 0) is 0 Å². The number of likely N-dealkylation sites (tertiary alicyclic amines) is 1. The van der Waals surface area contributed by atoms with Gasteiger partial charge in [0.15, 0.2) is 0 Å². The minimum Gasteiger partial charge on any atom is -0.369 e. The van der Waals surface area contributed by atoms with Gasteiger partial charge in [0, 0.05) is 31.7 Å². The van der Waals surface area contributed by atoms with E-state index in [1.165, 1.54) is 25.6 Å². The Morgan fingerprint density at radius 3 is 2.23 bits per heavy atom. The zero-order chi connectivity index (χ0) is 16.1. The largest absolute Gasteiger partial charge is 0.369 e. The summed E-state index contributed by atoms with van der Waals surface area (Å²) in [5, 5.41) is 0. The van der Waals surface area contributed by atoms with Crippen LogP contribution in [0, 0.1) is 17.6 Å². The fraction of sp³-hybridized carbons (Fsp3) is 0.667. The summed E-state index contributed by atoms with van der Waals surface area (Å²) in [6, 6.07) is 4.51.